The molecule has 1 aromatic rings. The predicted molar refractivity (Wildman–Crippen MR) is 157 cm³/mol. The van der Waals surface area contributed by atoms with Gasteiger partial charge in [-0.1, -0.05) is 62.2 Å². The standard InChI is InChI=1S/C32H50N4O3/c1-23(2)30(33-31(38)28-14-10-11-18-36(28)24(3)4)32(39)34(6)19-15-25(5)22-29(37)35-20-16-27(17-21-35)26-12-8-7-9-13-26/h7-9,12-13,15,23-24,27-28,30H,10-11,14,16-22H2,1-6H3,(H,33,38)/b25-15+. The smallest absolute Gasteiger partial charge is 0.245 e. The van der Waals surface area contributed by atoms with E-state index in [1.807, 2.05) is 37.8 Å². The maximum Gasteiger partial charge on any atom is 0.245 e. The van der Waals surface area contributed by atoms with Gasteiger partial charge < -0.3 is 15.1 Å². The molecule has 0 aliphatic carbocycles. The van der Waals surface area contributed by atoms with Crippen LogP contribution in [0.4, 0.5) is 0 Å². The maximum absolute atomic E-state index is 13.3. The van der Waals surface area contributed by atoms with E-state index >= 15 is 0 Å². The minimum absolute atomic E-state index is 0.0227. The highest BCUT2D eigenvalue weighted by atomic mass is 16.2. The summed E-state index contributed by atoms with van der Waals surface area (Å²) in [5, 5.41) is 3.08. The van der Waals surface area contributed by atoms with Gasteiger partial charge in [0.2, 0.25) is 17.7 Å². The Morgan fingerprint density at radius 2 is 1.67 bits per heavy atom. The van der Waals surface area contributed by atoms with E-state index in [9.17, 15) is 14.4 Å². The summed E-state index contributed by atoms with van der Waals surface area (Å²) >= 11 is 0. The number of nitrogens with zero attached hydrogens (tertiary/aromatic N) is 3. The van der Waals surface area contributed by atoms with Gasteiger partial charge in [0.25, 0.3) is 0 Å². The lowest BCUT2D eigenvalue weighted by atomic mass is 9.89. The van der Waals surface area contributed by atoms with E-state index in [2.05, 4.69) is 48.3 Å². The van der Waals surface area contributed by atoms with Gasteiger partial charge in [-0.05, 0) is 70.4 Å². The van der Waals surface area contributed by atoms with Crippen LogP contribution in [0, 0.1) is 5.92 Å². The molecule has 1 aromatic carbocycles. The van der Waals surface area contributed by atoms with Crippen molar-refractivity contribution in [3.8, 4) is 0 Å². The van der Waals surface area contributed by atoms with Crippen LogP contribution in [0.1, 0.15) is 84.6 Å². The second-order valence-corrected chi connectivity index (χ2v) is 12.1. The molecule has 0 aromatic heterocycles. The average Bonchev–Trinajstić information content (AvgIpc) is 2.94. The number of carbonyl (C=O) groups is 3. The van der Waals surface area contributed by atoms with Crippen LogP contribution >= 0.6 is 0 Å². The molecule has 2 atom stereocenters. The Morgan fingerprint density at radius 1 is 1.00 bits per heavy atom. The number of benzene rings is 1. The van der Waals surface area contributed by atoms with E-state index < -0.39 is 6.04 Å². The van der Waals surface area contributed by atoms with Crippen molar-refractivity contribution in [2.45, 2.75) is 97.2 Å². The Bertz CT molecular complexity index is 982. The summed E-state index contributed by atoms with van der Waals surface area (Å²) in [6.07, 6.45) is 7.30. The molecule has 2 aliphatic heterocycles. The first kappa shape index (κ1) is 30.9. The number of piperidine rings is 2. The molecule has 2 saturated heterocycles. The van der Waals surface area contributed by atoms with E-state index in [1.165, 1.54) is 5.56 Å². The van der Waals surface area contributed by atoms with E-state index in [1.54, 1.807) is 11.9 Å². The molecule has 7 nitrogen and oxygen atoms in total. The molecule has 3 rings (SSSR count). The molecule has 0 radical (unpaired) electrons. The Labute approximate surface area is 236 Å². The van der Waals surface area contributed by atoms with Crippen molar-refractivity contribution in [2.75, 3.05) is 33.2 Å². The zero-order valence-corrected chi connectivity index (χ0v) is 25.0. The number of carbonyl (C=O) groups excluding carboxylic acids is 3. The number of rotatable bonds is 10. The Hall–Kier alpha value is -2.67. The monoisotopic (exact) mass is 538 g/mol. The fraction of sp³-hybridized carbons (Fsp3) is 0.656. The van der Waals surface area contributed by atoms with Crippen LogP contribution in [0.3, 0.4) is 0 Å². The van der Waals surface area contributed by atoms with Gasteiger partial charge in [0.1, 0.15) is 6.04 Å². The minimum atomic E-state index is -0.570. The third-order valence-electron chi connectivity index (χ3n) is 8.38. The molecule has 1 N–H and O–H groups in total. The third-order valence-corrected chi connectivity index (χ3v) is 8.38. The Balaban J connectivity index is 1.49. The van der Waals surface area contributed by atoms with Gasteiger partial charge in [0.15, 0.2) is 0 Å². The van der Waals surface area contributed by atoms with Crippen LogP contribution < -0.4 is 5.32 Å². The maximum atomic E-state index is 13.3. The quantitative estimate of drug-likeness (QED) is 0.442. The van der Waals surface area contributed by atoms with Gasteiger partial charge in [0.05, 0.1) is 6.04 Å². The summed E-state index contributed by atoms with van der Waals surface area (Å²) in [6, 6.07) is 10.1. The zero-order valence-electron chi connectivity index (χ0n) is 25.0. The van der Waals surface area contributed by atoms with E-state index in [-0.39, 0.29) is 29.7 Å². The van der Waals surface area contributed by atoms with Crippen LogP contribution in [-0.2, 0) is 14.4 Å². The summed E-state index contributed by atoms with van der Waals surface area (Å²) in [7, 11) is 1.77. The van der Waals surface area contributed by atoms with E-state index in [4.69, 9.17) is 0 Å². The number of likely N-dealkylation sites (N-methyl/N-ethyl adjacent to an activating group) is 1. The van der Waals surface area contributed by atoms with Crippen molar-refractivity contribution in [3.05, 3.63) is 47.5 Å². The van der Waals surface area contributed by atoms with Gasteiger partial charge >= 0.3 is 0 Å². The first-order valence-electron chi connectivity index (χ1n) is 14.9. The predicted octanol–water partition coefficient (Wildman–Crippen LogP) is 4.59. The van der Waals surface area contributed by atoms with Crippen molar-refractivity contribution in [1.29, 1.82) is 0 Å². The number of hydrogen-bond acceptors (Lipinski definition) is 4. The fourth-order valence-corrected chi connectivity index (χ4v) is 5.85. The van der Waals surface area contributed by atoms with Crippen LogP contribution in [0.25, 0.3) is 0 Å². The molecule has 3 amide bonds. The summed E-state index contributed by atoms with van der Waals surface area (Å²) < 4.78 is 0. The second kappa shape index (κ2) is 14.6. The average molecular weight is 539 g/mol. The molecule has 2 fully saturated rings. The lowest BCUT2D eigenvalue weighted by Gasteiger charge is -2.38. The molecule has 0 bridgehead atoms. The normalized spacial score (nSPS) is 20.3. The molecular weight excluding hydrogens is 488 g/mol. The zero-order chi connectivity index (χ0) is 28.5. The van der Waals surface area contributed by atoms with E-state index in [0.29, 0.717) is 24.9 Å². The van der Waals surface area contributed by atoms with Crippen molar-refractivity contribution >= 4 is 17.7 Å². The van der Waals surface area contributed by atoms with Gasteiger partial charge in [-0.25, -0.2) is 0 Å². The molecule has 39 heavy (non-hydrogen) atoms. The molecule has 0 saturated carbocycles. The Kier molecular flexibility index (Phi) is 11.6. The van der Waals surface area contributed by atoms with E-state index in [0.717, 1.165) is 57.3 Å². The van der Waals surface area contributed by atoms with Crippen LogP contribution in [0.15, 0.2) is 42.0 Å². The minimum Gasteiger partial charge on any atom is -0.343 e. The highest BCUT2D eigenvalue weighted by Crippen LogP contribution is 2.28. The van der Waals surface area contributed by atoms with Crippen LogP contribution in [0.2, 0.25) is 0 Å². The summed E-state index contributed by atoms with van der Waals surface area (Å²) in [4.78, 5) is 45.4. The van der Waals surface area contributed by atoms with Crippen molar-refractivity contribution < 1.29 is 14.4 Å². The highest BCUT2D eigenvalue weighted by molar-refractivity contribution is 5.90. The van der Waals surface area contributed by atoms with Gasteiger partial charge in [-0.3, -0.25) is 19.3 Å². The SMILES string of the molecule is C/C(=C\CN(C)C(=O)C(NC(=O)C1CCCCN1C(C)C)C(C)C)CC(=O)N1CCC(c2ccccc2)CC1. The molecule has 216 valence electrons. The fourth-order valence-electron chi connectivity index (χ4n) is 5.85. The number of likely N-dealkylation sites (tertiary alicyclic amines) is 2. The lowest BCUT2D eigenvalue weighted by molar-refractivity contribution is -0.138. The van der Waals surface area contributed by atoms with Crippen molar-refractivity contribution in [2.24, 2.45) is 5.92 Å². The van der Waals surface area contributed by atoms with Crippen LogP contribution in [-0.4, -0.2) is 83.8 Å². The number of amides is 3. The number of nitrogens with one attached hydrogen (secondary N) is 1. The molecule has 2 heterocycles. The second-order valence-electron chi connectivity index (χ2n) is 12.1. The van der Waals surface area contributed by atoms with Gasteiger partial charge in [-0.15, -0.1) is 0 Å². The first-order chi connectivity index (χ1) is 18.6. The molecule has 2 aliphatic rings. The first-order valence-corrected chi connectivity index (χ1v) is 14.9. The summed E-state index contributed by atoms with van der Waals surface area (Å²) in [5.41, 5.74) is 2.32. The topological polar surface area (TPSA) is 73.0 Å². The largest absolute Gasteiger partial charge is 0.343 e. The van der Waals surface area contributed by atoms with Gasteiger partial charge in [-0.2, -0.15) is 0 Å². The lowest BCUT2D eigenvalue weighted by Crippen LogP contribution is -2.57. The van der Waals surface area contributed by atoms with Crippen LogP contribution in [0.5, 0.6) is 0 Å². The number of hydrogen-bond donors (Lipinski definition) is 1. The summed E-state index contributed by atoms with van der Waals surface area (Å²) in [5.74, 6) is 0.512. The van der Waals surface area contributed by atoms with Gasteiger partial charge in [0, 0.05) is 39.1 Å². The third kappa shape index (κ3) is 8.66. The molecule has 0 spiro atoms. The van der Waals surface area contributed by atoms with Crippen molar-refractivity contribution in [1.82, 2.24) is 20.0 Å². The highest BCUT2D eigenvalue weighted by Gasteiger charge is 2.34. The molecule has 7 heteroatoms. The molecule has 2 unspecified atom stereocenters. The Morgan fingerprint density at radius 3 is 2.28 bits per heavy atom. The molecular formula is C32H50N4O3. The summed E-state index contributed by atoms with van der Waals surface area (Å²) in [6.45, 7) is 13.0. The van der Waals surface area contributed by atoms with Crippen molar-refractivity contribution in [3.63, 3.8) is 0 Å².